The number of aryl methyl sites for hydroxylation is 2. The van der Waals surface area contributed by atoms with Crippen LogP contribution in [0.3, 0.4) is 0 Å². The van der Waals surface area contributed by atoms with Gasteiger partial charge in [0.15, 0.2) is 11.0 Å². The third-order valence-electron chi connectivity index (χ3n) is 5.89. The molecule has 1 saturated heterocycles. The second-order valence-corrected chi connectivity index (χ2v) is 8.88. The highest BCUT2D eigenvalue weighted by Crippen LogP contribution is 2.41. The number of nitrogens with zero attached hydrogens (tertiary/aromatic N) is 3. The molecule has 0 spiro atoms. The van der Waals surface area contributed by atoms with E-state index in [1.165, 1.54) is 42.2 Å². The second kappa shape index (κ2) is 8.54. The van der Waals surface area contributed by atoms with Crippen molar-refractivity contribution in [1.29, 1.82) is 0 Å². The van der Waals surface area contributed by atoms with Gasteiger partial charge >= 0.3 is 0 Å². The largest absolute Gasteiger partial charge is 0.283 e. The molecule has 0 N–H and O–H groups in total. The third kappa shape index (κ3) is 4.15. The lowest BCUT2D eigenvalue weighted by atomic mass is 9.94. The van der Waals surface area contributed by atoms with Crippen molar-refractivity contribution in [3.63, 3.8) is 0 Å². The molecular formula is C24H27N3OS. The van der Waals surface area contributed by atoms with Crippen LogP contribution in [0.5, 0.6) is 0 Å². The van der Waals surface area contributed by atoms with E-state index in [1.54, 1.807) is 6.20 Å². The van der Waals surface area contributed by atoms with Gasteiger partial charge < -0.3 is 0 Å². The Morgan fingerprint density at radius 2 is 1.90 bits per heavy atom. The number of rotatable bonds is 3. The van der Waals surface area contributed by atoms with Gasteiger partial charge in [-0.05, 0) is 79.8 Å². The third-order valence-corrected chi connectivity index (χ3v) is 7.05. The monoisotopic (exact) mass is 405 g/mol. The number of hydrogen-bond acceptors (Lipinski definition) is 4. The van der Waals surface area contributed by atoms with E-state index >= 15 is 0 Å². The average Bonchev–Trinajstić information content (AvgIpc) is 3.06. The van der Waals surface area contributed by atoms with E-state index in [1.807, 2.05) is 30.0 Å². The van der Waals surface area contributed by atoms with Crippen LogP contribution in [0.1, 0.15) is 55.7 Å². The van der Waals surface area contributed by atoms with Crippen molar-refractivity contribution in [1.82, 2.24) is 9.88 Å². The maximum atomic E-state index is 13.5. The molecule has 1 saturated carbocycles. The lowest BCUT2D eigenvalue weighted by Crippen LogP contribution is -2.40. The predicted molar refractivity (Wildman–Crippen MR) is 121 cm³/mol. The highest BCUT2D eigenvalue weighted by Gasteiger charge is 2.39. The number of hydrogen-bond donors (Lipinski definition) is 0. The van der Waals surface area contributed by atoms with E-state index in [4.69, 9.17) is 4.99 Å². The Kier molecular flexibility index (Phi) is 5.86. The number of pyridine rings is 1. The maximum Gasteiger partial charge on any atom is 0.267 e. The first-order valence-corrected chi connectivity index (χ1v) is 11.2. The molecule has 2 fully saturated rings. The predicted octanol–water partition coefficient (Wildman–Crippen LogP) is 6.03. The van der Waals surface area contributed by atoms with Gasteiger partial charge in [-0.15, -0.1) is 0 Å². The summed E-state index contributed by atoms with van der Waals surface area (Å²) in [5.74, 6) is 0.737. The molecule has 0 radical (unpaired) electrons. The molecule has 29 heavy (non-hydrogen) atoms. The Morgan fingerprint density at radius 3 is 2.59 bits per heavy atom. The summed E-state index contributed by atoms with van der Waals surface area (Å²) in [5.41, 5.74) is 4.63. The van der Waals surface area contributed by atoms with E-state index in [0.29, 0.717) is 5.82 Å². The van der Waals surface area contributed by atoms with Crippen molar-refractivity contribution >= 4 is 34.2 Å². The summed E-state index contributed by atoms with van der Waals surface area (Å²) in [6.07, 6.45) is 7.43. The van der Waals surface area contributed by atoms with Crippen LogP contribution in [0, 0.1) is 13.8 Å². The number of benzene rings is 1. The second-order valence-electron chi connectivity index (χ2n) is 7.90. The van der Waals surface area contributed by atoms with Gasteiger partial charge in [0.1, 0.15) is 0 Å². The summed E-state index contributed by atoms with van der Waals surface area (Å²) < 4.78 is 0. The topological polar surface area (TPSA) is 45.6 Å². The van der Waals surface area contributed by atoms with Crippen LogP contribution < -0.4 is 0 Å². The molecule has 0 bridgehead atoms. The number of aromatic nitrogens is 1. The summed E-state index contributed by atoms with van der Waals surface area (Å²) in [7, 11) is 0. The number of amidine groups is 1. The summed E-state index contributed by atoms with van der Waals surface area (Å²) in [5, 5.41) is 0.763. The van der Waals surface area contributed by atoms with E-state index in [-0.39, 0.29) is 11.9 Å². The van der Waals surface area contributed by atoms with Gasteiger partial charge in [0, 0.05) is 12.2 Å². The van der Waals surface area contributed by atoms with Crippen molar-refractivity contribution in [3.05, 3.63) is 64.2 Å². The average molecular weight is 406 g/mol. The fourth-order valence-corrected chi connectivity index (χ4v) is 5.09. The number of amides is 1. The number of allylic oxidation sites excluding steroid dienone is 1. The molecule has 1 aliphatic carbocycles. The molecular weight excluding hydrogens is 378 g/mol. The van der Waals surface area contributed by atoms with Crippen LogP contribution in [-0.2, 0) is 4.79 Å². The van der Waals surface area contributed by atoms with Gasteiger partial charge in [0.2, 0.25) is 0 Å². The Balaban J connectivity index is 1.75. The number of carbonyl (C=O) groups is 1. The van der Waals surface area contributed by atoms with Crippen LogP contribution >= 0.6 is 11.8 Å². The van der Waals surface area contributed by atoms with Crippen molar-refractivity contribution in [2.45, 2.75) is 58.9 Å². The Morgan fingerprint density at radius 1 is 1.10 bits per heavy atom. The zero-order valence-corrected chi connectivity index (χ0v) is 18.1. The first-order valence-electron chi connectivity index (χ1n) is 10.3. The normalized spacial score (nSPS) is 21.1. The van der Waals surface area contributed by atoms with Crippen LogP contribution in [-0.4, -0.2) is 27.0 Å². The first-order chi connectivity index (χ1) is 14.0. The first kappa shape index (κ1) is 19.9. The molecule has 4 nitrogen and oxygen atoms in total. The van der Waals surface area contributed by atoms with Gasteiger partial charge in [-0.2, -0.15) is 0 Å². The Hall–Kier alpha value is -2.40. The molecule has 2 heterocycles. The summed E-state index contributed by atoms with van der Waals surface area (Å²) >= 11 is 1.49. The van der Waals surface area contributed by atoms with Crippen molar-refractivity contribution in [2.24, 2.45) is 4.99 Å². The van der Waals surface area contributed by atoms with E-state index in [9.17, 15) is 4.79 Å². The van der Waals surface area contributed by atoms with Gasteiger partial charge in [0.25, 0.3) is 5.91 Å². The molecule has 5 heteroatoms. The smallest absolute Gasteiger partial charge is 0.267 e. The van der Waals surface area contributed by atoms with Crippen LogP contribution in [0.25, 0.3) is 5.57 Å². The molecule has 0 unspecified atom stereocenters. The van der Waals surface area contributed by atoms with Crippen molar-refractivity contribution in [3.8, 4) is 0 Å². The lowest BCUT2D eigenvalue weighted by molar-refractivity contribution is -0.124. The van der Waals surface area contributed by atoms with Crippen LogP contribution in [0.15, 0.2) is 52.5 Å². The van der Waals surface area contributed by atoms with Crippen LogP contribution in [0.2, 0.25) is 0 Å². The van der Waals surface area contributed by atoms with Gasteiger partial charge in [-0.1, -0.05) is 43.5 Å². The Labute approximate surface area is 177 Å². The zero-order valence-electron chi connectivity index (χ0n) is 17.3. The molecule has 150 valence electrons. The molecule has 1 amide bonds. The highest BCUT2D eigenvalue weighted by molar-refractivity contribution is 8.18. The molecule has 4 rings (SSSR count). The van der Waals surface area contributed by atoms with Crippen LogP contribution in [0.4, 0.5) is 5.82 Å². The Bertz CT molecular complexity index is 975. The fourth-order valence-electron chi connectivity index (χ4n) is 3.98. The summed E-state index contributed by atoms with van der Waals surface area (Å²) in [6, 6.07) is 12.3. The minimum Gasteiger partial charge on any atom is -0.283 e. The highest BCUT2D eigenvalue weighted by atomic mass is 32.2. The fraction of sp³-hybridized carbons (Fsp3) is 0.375. The summed E-state index contributed by atoms with van der Waals surface area (Å²) in [4.78, 5) is 25.4. The van der Waals surface area contributed by atoms with Gasteiger partial charge in [0.05, 0.1) is 4.91 Å². The van der Waals surface area contributed by atoms with E-state index in [2.05, 4.69) is 37.0 Å². The standard InChI is InChI=1S/C24H27N3OS/c1-16-12-13-19(15-17(16)2)18(3)22-23(28)27(20-9-5-4-6-10-20)24(29-22)26-21-11-7-8-14-25-21/h7-8,11-15,20H,4-6,9-10H2,1-3H3/b22-18-,26-24+. The minimum atomic E-state index is 0.0901. The number of aliphatic imine (C=N–C) groups is 1. The molecule has 1 aromatic heterocycles. The van der Waals surface area contributed by atoms with Crippen molar-refractivity contribution < 1.29 is 4.79 Å². The maximum absolute atomic E-state index is 13.5. The number of thioether (sulfide) groups is 1. The molecule has 2 aliphatic rings. The molecule has 2 aromatic rings. The summed E-state index contributed by atoms with van der Waals surface area (Å²) in [6.45, 7) is 6.27. The SMILES string of the molecule is C/C(=C1/S/C(=N/c2ccccn2)N(C2CCCCC2)C1=O)c1ccc(C)c(C)c1. The van der Waals surface area contributed by atoms with Gasteiger partial charge in [-0.25, -0.2) is 9.98 Å². The van der Waals surface area contributed by atoms with E-state index < -0.39 is 0 Å². The van der Waals surface area contributed by atoms with E-state index in [0.717, 1.165) is 34.1 Å². The zero-order chi connectivity index (χ0) is 20.4. The van der Waals surface area contributed by atoms with Gasteiger partial charge in [-0.3, -0.25) is 9.69 Å². The molecule has 0 atom stereocenters. The molecule has 1 aliphatic heterocycles. The molecule has 1 aromatic carbocycles. The van der Waals surface area contributed by atoms with Crippen molar-refractivity contribution in [2.75, 3.05) is 0 Å². The lowest BCUT2D eigenvalue weighted by Gasteiger charge is -2.30. The minimum absolute atomic E-state index is 0.0901. The number of carbonyl (C=O) groups excluding carboxylic acids is 1. The quantitative estimate of drug-likeness (QED) is 0.586.